The molecule has 1 aromatic rings. The van der Waals surface area contributed by atoms with Crippen LogP contribution in [0.3, 0.4) is 0 Å². The number of benzene rings is 1. The topological polar surface area (TPSA) is 41.1 Å². The van der Waals surface area contributed by atoms with Gasteiger partial charge in [-0.15, -0.1) is 0 Å². The number of rotatable bonds is 5. The summed E-state index contributed by atoms with van der Waals surface area (Å²) in [7, 11) is 1.98. The molecule has 0 radical (unpaired) electrons. The first kappa shape index (κ1) is 15.5. The molecule has 1 aromatic carbocycles. The van der Waals surface area contributed by atoms with Crippen molar-refractivity contribution in [3.05, 3.63) is 34.3 Å². The highest BCUT2D eigenvalue weighted by atomic mass is 79.9. The van der Waals surface area contributed by atoms with Crippen LogP contribution in [0.4, 0.5) is 0 Å². The average Bonchev–Trinajstić information content (AvgIpc) is 2.46. The molecular weight excluding hydrogens is 316 g/mol. The van der Waals surface area contributed by atoms with Crippen molar-refractivity contribution in [3.63, 3.8) is 0 Å². The summed E-state index contributed by atoms with van der Waals surface area (Å²) in [5.74, 6) is 0.140. The smallest absolute Gasteiger partial charge is 0.222 e. The Hall–Kier alpha value is -0.870. The molecule has 0 spiro atoms. The van der Waals surface area contributed by atoms with Crippen molar-refractivity contribution in [2.45, 2.75) is 50.6 Å². The quantitative estimate of drug-likeness (QED) is 0.864. The average molecular weight is 339 g/mol. The van der Waals surface area contributed by atoms with Crippen molar-refractivity contribution in [1.29, 1.82) is 0 Å². The van der Waals surface area contributed by atoms with E-state index in [-0.39, 0.29) is 11.4 Å². The molecule has 2 N–H and O–H groups in total. The second-order valence-electron chi connectivity index (χ2n) is 5.67. The van der Waals surface area contributed by atoms with E-state index in [0.29, 0.717) is 13.0 Å². The van der Waals surface area contributed by atoms with Crippen LogP contribution >= 0.6 is 15.9 Å². The first-order chi connectivity index (χ1) is 9.63. The number of amides is 1. The number of hydrogen-bond acceptors (Lipinski definition) is 2. The van der Waals surface area contributed by atoms with E-state index in [1.54, 1.807) is 0 Å². The largest absolute Gasteiger partial charge is 0.352 e. The monoisotopic (exact) mass is 338 g/mol. The molecule has 20 heavy (non-hydrogen) atoms. The highest BCUT2D eigenvalue weighted by Gasteiger charge is 2.32. The normalized spacial score (nSPS) is 17.7. The van der Waals surface area contributed by atoms with E-state index in [1.165, 1.54) is 19.3 Å². The van der Waals surface area contributed by atoms with Gasteiger partial charge in [0, 0.05) is 23.0 Å². The molecule has 1 fully saturated rings. The van der Waals surface area contributed by atoms with Gasteiger partial charge in [0.1, 0.15) is 0 Å². The summed E-state index contributed by atoms with van der Waals surface area (Å²) in [5, 5.41) is 6.42. The first-order valence-electron chi connectivity index (χ1n) is 7.34. The molecule has 0 saturated heterocycles. The lowest BCUT2D eigenvalue weighted by Gasteiger charge is -2.36. The maximum absolute atomic E-state index is 12.2. The van der Waals surface area contributed by atoms with Crippen LogP contribution in [0.5, 0.6) is 0 Å². The van der Waals surface area contributed by atoms with E-state index in [2.05, 4.69) is 26.6 Å². The Kier molecular flexibility index (Phi) is 5.61. The second kappa shape index (κ2) is 7.23. The molecular formula is C16H23BrN2O. The molecule has 0 unspecified atom stereocenters. The fourth-order valence-corrected chi connectivity index (χ4v) is 3.41. The Morgan fingerprint density at radius 1 is 1.30 bits per heavy atom. The van der Waals surface area contributed by atoms with Crippen LogP contribution in [0.25, 0.3) is 0 Å². The third-order valence-electron chi connectivity index (χ3n) is 4.22. The predicted molar refractivity (Wildman–Crippen MR) is 85.5 cm³/mol. The fraction of sp³-hybridized carbons (Fsp3) is 0.562. The Bertz CT molecular complexity index is 456. The van der Waals surface area contributed by atoms with Gasteiger partial charge in [-0.3, -0.25) is 4.79 Å². The summed E-state index contributed by atoms with van der Waals surface area (Å²) >= 11 is 3.45. The minimum Gasteiger partial charge on any atom is -0.352 e. The minimum absolute atomic E-state index is 0.0135. The number of carbonyl (C=O) groups is 1. The van der Waals surface area contributed by atoms with Gasteiger partial charge < -0.3 is 10.6 Å². The van der Waals surface area contributed by atoms with Gasteiger partial charge in [-0.2, -0.15) is 0 Å². The zero-order valence-corrected chi connectivity index (χ0v) is 13.6. The molecule has 1 aliphatic rings. The van der Waals surface area contributed by atoms with Crippen LogP contribution in [0.1, 0.15) is 44.1 Å². The van der Waals surface area contributed by atoms with Gasteiger partial charge in [0.25, 0.3) is 0 Å². The van der Waals surface area contributed by atoms with Gasteiger partial charge in [0.05, 0.1) is 0 Å². The van der Waals surface area contributed by atoms with Gasteiger partial charge in [-0.25, -0.2) is 0 Å². The third kappa shape index (κ3) is 4.32. The second-order valence-corrected chi connectivity index (χ2v) is 6.59. The van der Waals surface area contributed by atoms with Crippen LogP contribution in [-0.2, 0) is 11.3 Å². The number of carbonyl (C=O) groups excluding carboxylic acids is 1. The van der Waals surface area contributed by atoms with Crippen LogP contribution in [0, 0.1) is 0 Å². The summed E-state index contributed by atoms with van der Waals surface area (Å²) in [5.41, 5.74) is 1.13. The lowest BCUT2D eigenvalue weighted by atomic mass is 9.79. The highest BCUT2D eigenvalue weighted by Crippen LogP contribution is 2.30. The molecule has 3 nitrogen and oxygen atoms in total. The SMILES string of the molecule is CNC1(CC(=O)NCc2cccc(Br)c2)CCCCC1. The van der Waals surface area contributed by atoms with Gasteiger partial charge in [0.15, 0.2) is 0 Å². The Morgan fingerprint density at radius 2 is 2.05 bits per heavy atom. The summed E-state index contributed by atoms with van der Waals surface area (Å²) in [4.78, 5) is 12.2. The lowest BCUT2D eigenvalue weighted by Crippen LogP contribution is -2.48. The molecule has 0 aliphatic heterocycles. The Morgan fingerprint density at radius 3 is 2.70 bits per heavy atom. The summed E-state index contributed by atoms with van der Waals surface area (Å²) < 4.78 is 1.04. The fourth-order valence-electron chi connectivity index (χ4n) is 2.96. The Balaban J connectivity index is 1.85. The number of nitrogens with one attached hydrogen (secondary N) is 2. The van der Waals surface area contributed by atoms with Crippen molar-refractivity contribution in [2.75, 3.05) is 7.05 Å². The molecule has 0 heterocycles. The van der Waals surface area contributed by atoms with Crippen LogP contribution in [0.15, 0.2) is 28.7 Å². The standard InChI is InChI=1S/C16H23BrN2O/c1-18-16(8-3-2-4-9-16)11-15(20)19-12-13-6-5-7-14(17)10-13/h5-7,10,18H,2-4,8-9,11-12H2,1H3,(H,19,20). The van der Waals surface area contributed by atoms with Crippen LogP contribution in [-0.4, -0.2) is 18.5 Å². The molecule has 0 aromatic heterocycles. The first-order valence-corrected chi connectivity index (χ1v) is 8.13. The predicted octanol–water partition coefficient (Wildman–Crippen LogP) is 3.38. The van der Waals surface area contributed by atoms with E-state index < -0.39 is 0 Å². The zero-order chi connectivity index (χ0) is 14.4. The van der Waals surface area contributed by atoms with Crippen molar-refractivity contribution < 1.29 is 4.79 Å². The molecule has 1 amide bonds. The molecule has 1 aliphatic carbocycles. The number of halogens is 1. The van der Waals surface area contributed by atoms with E-state index >= 15 is 0 Å². The van der Waals surface area contributed by atoms with E-state index in [4.69, 9.17) is 0 Å². The molecule has 2 rings (SSSR count). The summed E-state index contributed by atoms with van der Waals surface area (Å²) in [6, 6.07) is 8.04. The van der Waals surface area contributed by atoms with Gasteiger partial charge >= 0.3 is 0 Å². The highest BCUT2D eigenvalue weighted by molar-refractivity contribution is 9.10. The van der Waals surface area contributed by atoms with Gasteiger partial charge in [-0.1, -0.05) is 47.3 Å². The molecule has 0 bridgehead atoms. The maximum atomic E-state index is 12.2. The van der Waals surface area contributed by atoms with Crippen molar-refractivity contribution in [2.24, 2.45) is 0 Å². The van der Waals surface area contributed by atoms with Gasteiger partial charge in [0.2, 0.25) is 5.91 Å². The third-order valence-corrected chi connectivity index (χ3v) is 4.71. The van der Waals surface area contributed by atoms with Crippen molar-refractivity contribution in [1.82, 2.24) is 10.6 Å². The molecule has 4 heteroatoms. The molecule has 0 atom stereocenters. The number of hydrogen-bond donors (Lipinski definition) is 2. The lowest BCUT2D eigenvalue weighted by molar-refractivity contribution is -0.123. The van der Waals surface area contributed by atoms with Crippen molar-refractivity contribution in [3.8, 4) is 0 Å². The van der Waals surface area contributed by atoms with Crippen LogP contribution < -0.4 is 10.6 Å². The maximum Gasteiger partial charge on any atom is 0.222 e. The Labute approximate surface area is 129 Å². The van der Waals surface area contributed by atoms with E-state index in [1.807, 2.05) is 31.3 Å². The molecule has 110 valence electrons. The van der Waals surface area contributed by atoms with E-state index in [9.17, 15) is 4.79 Å². The van der Waals surface area contributed by atoms with Crippen LogP contribution in [0.2, 0.25) is 0 Å². The zero-order valence-electron chi connectivity index (χ0n) is 12.0. The summed E-state index contributed by atoms with van der Waals surface area (Å²) in [6.07, 6.45) is 6.53. The molecule has 1 saturated carbocycles. The van der Waals surface area contributed by atoms with Crippen molar-refractivity contribution >= 4 is 21.8 Å². The minimum atomic E-state index is 0.0135. The summed E-state index contributed by atoms with van der Waals surface area (Å²) in [6.45, 7) is 0.595. The van der Waals surface area contributed by atoms with Gasteiger partial charge in [-0.05, 0) is 37.6 Å². The van der Waals surface area contributed by atoms with E-state index in [0.717, 1.165) is 22.9 Å².